The summed E-state index contributed by atoms with van der Waals surface area (Å²) in [5.74, 6) is -0.517. The van der Waals surface area contributed by atoms with Crippen molar-refractivity contribution in [2.45, 2.75) is 251 Å². The highest BCUT2D eigenvalue weighted by molar-refractivity contribution is 5.77. The summed E-state index contributed by atoms with van der Waals surface area (Å²) in [6, 6.07) is -0.712. The van der Waals surface area contributed by atoms with Gasteiger partial charge >= 0.3 is 5.97 Å². The predicted molar refractivity (Wildman–Crippen MR) is 241 cm³/mol. The van der Waals surface area contributed by atoms with Gasteiger partial charge in [-0.15, -0.1) is 0 Å². The van der Waals surface area contributed by atoms with E-state index in [4.69, 9.17) is 4.74 Å². The Balaban J connectivity index is 4.62. The first-order chi connectivity index (χ1) is 27.5. The van der Waals surface area contributed by atoms with Crippen molar-refractivity contribution in [3.05, 3.63) is 48.6 Å². The number of carbonyl (C=O) groups excluding carboxylic acids is 2. The summed E-state index contributed by atoms with van der Waals surface area (Å²) in [4.78, 5) is 26.0. The van der Waals surface area contributed by atoms with Crippen LogP contribution in [-0.4, -0.2) is 46.9 Å². The van der Waals surface area contributed by atoms with E-state index in [-0.39, 0.29) is 24.9 Å². The number of aliphatic hydroxyl groups excluding tert-OH is 2. The second-order valence-electron chi connectivity index (χ2n) is 16.1. The number of allylic oxidation sites excluding steroid dienone is 8. The zero-order valence-electron chi connectivity index (χ0n) is 37.0. The number of carbonyl (C=O) groups is 2. The van der Waals surface area contributed by atoms with Crippen LogP contribution >= 0.6 is 0 Å². The summed E-state index contributed by atoms with van der Waals surface area (Å²) < 4.78 is 5.89. The molecule has 326 valence electrons. The molecule has 0 saturated carbocycles. The number of amides is 1. The summed E-state index contributed by atoms with van der Waals surface area (Å²) in [6.45, 7) is 6.32. The molecular weight excluding hydrogens is 695 g/mol. The van der Waals surface area contributed by atoms with Crippen molar-refractivity contribution >= 4 is 11.9 Å². The van der Waals surface area contributed by atoms with Crippen molar-refractivity contribution in [1.82, 2.24) is 5.32 Å². The topological polar surface area (TPSA) is 95.9 Å². The molecule has 6 nitrogen and oxygen atoms in total. The van der Waals surface area contributed by atoms with Gasteiger partial charge in [0.2, 0.25) is 5.91 Å². The number of aliphatic hydroxyl groups is 2. The molecule has 0 aliphatic carbocycles. The fourth-order valence-electron chi connectivity index (χ4n) is 7.03. The Morgan fingerprint density at radius 2 is 0.964 bits per heavy atom. The molecule has 0 radical (unpaired) electrons. The number of ether oxygens (including phenoxy) is 1. The van der Waals surface area contributed by atoms with Crippen LogP contribution in [0.4, 0.5) is 0 Å². The molecule has 6 heteroatoms. The van der Waals surface area contributed by atoms with Crippen LogP contribution in [0.15, 0.2) is 48.6 Å². The lowest BCUT2D eigenvalue weighted by Gasteiger charge is -2.24. The Morgan fingerprint density at radius 1 is 0.536 bits per heavy atom. The molecule has 0 bridgehead atoms. The standard InChI is InChI=1S/C50H91NO5/c1-4-7-10-13-16-19-22-24-25-26-28-31-34-37-40-43-50(55)56-46(41-38-35-32-29-27-23-20-17-14-11-8-5-2)44-49(54)51-47(45-52)48(53)42-39-36-33-30-21-18-15-12-9-6-3/h8,11,17,19-20,22,27,29,46-48,52-53H,4-7,9-10,12-16,18,21,23-26,28,30-45H2,1-3H3,(H,51,54)/b11-8+,20-17+,22-19-,29-27+. The van der Waals surface area contributed by atoms with Crippen molar-refractivity contribution in [3.8, 4) is 0 Å². The highest BCUT2D eigenvalue weighted by Crippen LogP contribution is 2.17. The molecule has 0 heterocycles. The second kappa shape index (κ2) is 43.9. The minimum Gasteiger partial charge on any atom is -0.462 e. The third-order valence-corrected chi connectivity index (χ3v) is 10.6. The third-order valence-electron chi connectivity index (χ3n) is 10.6. The fourth-order valence-corrected chi connectivity index (χ4v) is 7.03. The molecule has 0 aromatic carbocycles. The van der Waals surface area contributed by atoms with Gasteiger partial charge < -0.3 is 20.3 Å². The van der Waals surface area contributed by atoms with Gasteiger partial charge in [-0.05, 0) is 83.5 Å². The zero-order chi connectivity index (χ0) is 41.0. The lowest BCUT2D eigenvalue weighted by Crippen LogP contribution is -2.46. The van der Waals surface area contributed by atoms with E-state index in [2.05, 4.69) is 74.7 Å². The Bertz CT molecular complexity index is 972. The van der Waals surface area contributed by atoms with Gasteiger partial charge in [-0.2, -0.15) is 0 Å². The Hall–Kier alpha value is -2.18. The molecule has 0 aliphatic heterocycles. The van der Waals surface area contributed by atoms with Crippen LogP contribution < -0.4 is 5.32 Å². The maximum Gasteiger partial charge on any atom is 0.306 e. The first-order valence-corrected chi connectivity index (χ1v) is 23.9. The van der Waals surface area contributed by atoms with Crippen molar-refractivity contribution in [1.29, 1.82) is 0 Å². The predicted octanol–water partition coefficient (Wildman–Crippen LogP) is 13.9. The number of hydrogen-bond donors (Lipinski definition) is 3. The monoisotopic (exact) mass is 786 g/mol. The van der Waals surface area contributed by atoms with Crippen LogP contribution in [0.25, 0.3) is 0 Å². The molecule has 0 saturated heterocycles. The van der Waals surface area contributed by atoms with Gasteiger partial charge in [0.15, 0.2) is 0 Å². The Morgan fingerprint density at radius 3 is 1.52 bits per heavy atom. The van der Waals surface area contributed by atoms with Crippen molar-refractivity contribution < 1.29 is 24.5 Å². The minimum absolute atomic E-state index is 0.0500. The van der Waals surface area contributed by atoms with Crippen molar-refractivity contribution in [3.63, 3.8) is 0 Å². The number of esters is 1. The van der Waals surface area contributed by atoms with Crippen LogP contribution in [0, 0.1) is 0 Å². The maximum atomic E-state index is 13.1. The largest absolute Gasteiger partial charge is 0.462 e. The van der Waals surface area contributed by atoms with Gasteiger partial charge in [0.25, 0.3) is 0 Å². The first-order valence-electron chi connectivity index (χ1n) is 23.9. The van der Waals surface area contributed by atoms with Gasteiger partial charge in [-0.25, -0.2) is 0 Å². The first kappa shape index (κ1) is 53.8. The van der Waals surface area contributed by atoms with E-state index in [0.717, 1.165) is 77.0 Å². The molecule has 0 aliphatic rings. The van der Waals surface area contributed by atoms with Crippen LogP contribution in [0.5, 0.6) is 0 Å². The summed E-state index contributed by atoms with van der Waals surface area (Å²) in [5.41, 5.74) is 0. The average molecular weight is 786 g/mol. The number of unbranched alkanes of at least 4 members (excludes halogenated alkanes) is 22. The highest BCUT2D eigenvalue weighted by atomic mass is 16.5. The maximum absolute atomic E-state index is 13.1. The van der Waals surface area contributed by atoms with Crippen molar-refractivity contribution in [2.24, 2.45) is 0 Å². The third kappa shape index (κ3) is 38.7. The van der Waals surface area contributed by atoms with Gasteiger partial charge in [0.1, 0.15) is 6.10 Å². The number of rotatable bonds is 42. The van der Waals surface area contributed by atoms with Crippen LogP contribution in [0.2, 0.25) is 0 Å². The fraction of sp³-hybridized carbons (Fsp3) is 0.800. The molecule has 0 aromatic heterocycles. The number of hydrogen-bond acceptors (Lipinski definition) is 5. The zero-order valence-corrected chi connectivity index (χ0v) is 37.0. The Kier molecular flexibility index (Phi) is 42.2. The quantitative estimate of drug-likeness (QED) is 0.0325. The van der Waals surface area contributed by atoms with E-state index in [0.29, 0.717) is 19.3 Å². The SMILES string of the molecule is CC/C=C/C/C=C/C/C=C/CCCCC(CC(=O)NC(CO)C(O)CCCCCCCCCCCC)OC(=O)CCCCCCCCC/C=C\CCCCCC. The molecule has 1 amide bonds. The molecule has 0 spiro atoms. The molecule has 0 aromatic rings. The van der Waals surface area contributed by atoms with E-state index in [1.54, 1.807) is 0 Å². The van der Waals surface area contributed by atoms with E-state index in [1.165, 1.54) is 109 Å². The van der Waals surface area contributed by atoms with Crippen LogP contribution in [-0.2, 0) is 14.3 Å². The summed E-state index contributed by atoms with van der Waals surface area (Å²) in [7, 11) is 0. The van der Waals surface area contributed by atoms with Crippen molar-refractivity contribution in [2.75, 3.05) is 6.61 Å². The molecule has 0 fully saturated rings. The smallest absolute Gasteiger partial charge is 0.306 e. The van der Waals surface area contributed by atoms with E-state index in [1.807, 2.05) is 0 Å². The lowest BCUT2D eigenvalue weighted by molar-refractivity contribution is -0.151. The summed E-state index contributed by atoms with van der Waals surface area (Å²) in [6.07, 6.45) is 51.7. The average Bonchev–Trinajstić information content (AvgIpc) is 3.19. The molecule has 3 unspecified atom stereocenters. The van der Waals surface area contributed by atoms with Crippen LogP contribution in [0.1, 0.15) is 233 Å². The van der Waals surface area contributed by atoms with Gasteiger partial charge in [-0.1, -0.05) is 185 Å². The molecule has 56 heavy (non-hydrogen) atoms. The highest BCUT2D eigenvalue weighted by Gasteiger charge is 2.24. The Labute approximate surface area is 346 Å². The lowest BCUT2D eigenvalue weighted by atomic mass is 10.0. The van der Waals surface area contributed by atoms with Gasteiger partial charge in [-0.3, -0.25) is 9.59 Å². The second-order valence-corrected chi connectivity index (χ2v) is 16.1. The van der Waals surface area contributed by atoms with E-state index in [9.17, 15) is 19.8 Å². The normalized spacial score (nSPS) is 13.7. The van der Waals surface area contributed by atoms with Gasteiger partial charge in [0, 0.05) is 6.42 Å². The summed E-state index contributed by atoms with van der Waals surface area (Å²) in [5, 5.41) is 23.6. The number of nitrogens with one attached hydrogen (secondary N) is 1. The summed E-state index contributed by atoms with van der Waals surface area (Å²) >= 11 is 0. The van der Waals surface area contributed by atoms with Crippen LogP contribution in [0.3, 0.4) is 0 Å². The molecule has 3 atom stereocenters. The minimum atomic E-state index is -0.796. The molecule has 0 rings (SSSR count). The molecule has 3 N–H and O–H groups in total. The molecular formula is C50H91NO5. The van der Waals surface area contributed by atoms with E-state index >= 15 is 0 Å². The van der Waals surface area contributed by atoms with Gasteiger partial charge in [0.05, 0.1) is 25.2 Å². The van der Waals surface area contributed by atoms with E-state index < -0.39 is 18.2 Å².